The summed E-state index contributed by atoms with van der Waals surface area (Å²) in [6, 6.07) is 7.93. The Morgan fingerprint density at radius 3 is 2.55 bits per heavy atom. The van der Waals surface area contributed by atoms with Crippen LogP contribution in [-0.4, -0.2) is 71.0 Å². The molecule has 2 aromatic heterocycles. The fraction of sp³-hybridized carbons (Fsp3) is 0.517. The average Bonchev–Trinajstić information content (AvgIpc) is 3.25. The summed E-state index contributed by atoms with van der Waals surface area (Å²) >= 11 is 0. The van der Waals surface area contributed by atoms with Gasteiger partial charge in [0.1, 0.15) is 5.84 Å². The molecule has 1 aliphatic heterocycles. The molecule has 0 radical (unpaired) electrons. The predicted octanol–water partition coefficient (Wildman–Crippen LogP) is 4.68. The molecule has 0 unspecified atom stereocenters. The van der Waals surface area contributed by atoms with E-state index in [-0.39, 0.29) is 43.2 Å². The van der Waals surface area contributed by atoms with Crippen molar-refractivity contribution in [2.45, 2.75) is 56.3 Å². The molecule has 42 heavy (non-hydrogen) atoms. The van der Waals surface area contributed by atoms with Crippen LogP contribution in [-0.2, 0) is 22.9 Å². The van der Waals surface area contributed by atoms with E-state index in [1.807, 2.05) is 6.07 Å². The summed E-state index contributed by atoms with van der Waals surface area (Å²) in [6.07, 6.45) is -1.57. The first kappa shape index (κ1) is 30.2. The second-order valence-electron chi connectivity index (χ2n) is 11.5. The maximum atomic E-state index is 14.2. The van der Waals surface area contributed by atoms with Gasteiger partial charge in [0.25, 0.3) is 5.92 Å². The number of nitrogens with one attached hydrogen (secondary N) is 2. The Kier molecular flexibility index (Phi) is 7.73. The molecule has 0 bridgehead atoms. The van der Waals surface area contributed by atoms with E-state index < -0.39 is 34.7 Å². The summed E-state index contributed by atoms with van der Waals surface area (Å²) in [4.78, 5) is 15.3. The van der Waals surface area contributed by atoms with Gasteiger partial charge in [-0.3, -0.25) is 24.3 Å². The second-order valence-corrected chi connectivity index (χ2v) is 11.5. The van der Waals surface area contributed by atoms with Crippen LogP contribution in [0.15, 0.2) is 47.5 Å². The molecular formula is C29H35F5N6O2. The summed E-state index contributed by atoms with van der Waals surface area (Å²) in [5, 5.41) is 10.4. The highest BCUT2D eigenvalue weighted by Gasteiger charge is 2.50. The molecule has 1 saturated heterocycles. The zero-order chi connectivity index (χ0) is 30.6. The number of rotatable bonds is 7. The number of hydrazine groups is 1. The number of ether oxygens (including phenoxy) is 1. The number of benzene rings is 1. The van der Waals surface area contributed by atoms with Crippen LogP contribution in [0, 0.1) is 11.3 Å². The Morgan fingerprint density at radius 2 is 1.93 bits per heavy atom. The van der Waals surface area contributed by atoms with Crippen molar-refractivity contribution in [2.75, 3.05) is 34.3 Å². The van der Waals surface area contributed by atoms with Crippen LogP contribution >= 0.6 is 0 Å². The van der Waals surface area contributed by atoms with Crippen molar-refractivity contribution >= 4 is 11.4 Å². The smallest absolute Gasteiger partial charge is 0.381 e. The number of likely N-dealkylation sites (tertiary alicyclic amines) is 1. The monoisotopic (exact) mass is 594 g/mol. The van der Waals surface area contributed by atoms with E-state index in [2.05, 4.69) is 5.43 Å². The lowest BCUT2D eigenvalue weighted by Gasteiger charge is -2.49. The number of nitrogens with zero attached hydrogens (tertiary/aromatic N) is 4. The van der Waals surface area contributed by atoms with Crippen LogP contribution in [0.5, 0.6) is 0 Å². The van der Waals surface area contributed by atoms with E-state index in [0.29, 0.717) is 24.4 Å². The van der Waals surface area contributed by atoms with Crippen molar-refractivity contribution in [3.8, 4) is 5.69 Å². The van der Waals surface area contributed by atoms with Crippen molar-refractivity contribution < 1.29 is 26.7 Å². The maximum absolute atomic E-state index is 14.2. The quantitative estimate of drug-likeness (QED) is 0.180. The molecule has 8 nitrogen and oxygen atoms in total. The second kappa shape index (κ2) is 10.8. The molecule has 1 atom stereocenters. The van der Waals surface area contributed by atoms with Crippen molar-refractivity contribution in [1.29, 1.82) is 5.41 Å². The van der Waals surface area contributed by atoms with Crippen molar-refractivity contribution in [3.63, 3.8) is 0 Å². The molecule has 5 rings (SSSR count). The minimum atomic E-state index is -4.75. The number of hydrogen-bond donors (Lipinski definition) is 2. The number of amidine groups is 1. The van der Waals surface area contributed by atoms with Crippen LogP contribution in [0.3, 0.4) is 0 Å². The van der Waals surface area contributed by atoms with Crippen molar-refractivity contribution in [3.05, 3.63) is 69.9 Å². The molecule has 2 N–H and O–H groups in total. The summed E-state index contributed by atoms with van der Waals surface area (Å²) < 4.78 is 78.3. The topological polar surface area (TPSA) is 78.0 Å². The molecular weight excluding hydrogens is 559 g/mol. The number of methoxy groups -OCH3 is 1. The van der Waals surface area contributed by atoms with Gasteiger partial charge in [0.15, 0.2) is 0 Å². The van der Waals surface area contributed by atoms with Gasteiger partial charge < -0.3 is 4.74 Å². The van der Waals surface area contributed by atoms with E-state index in [0.717, 1.165) is 16.0 Å². The number of alkyl halides is 5. The third kappa shape index (κ3) is 5.22. The van der Waals surface area contributed by atoms with Gasteiger partial charge in [0.05, 0.1) is 28.3 Å². The first-order chi connectivity index (χ1) is 19.7. The van der Waals surface area contributed by atoms with Crippen molar-refractivity contribution in [1.82, 2.24) is 24.3 Å². The number of fused-ring (bicyclic) bond motifs is 1. The Labute approximate surface area is 240 Å². The summed E-state index contributed by atoms with van der Waals surface area (Å²) in [6.45, 7) is 1.52. The van der Waals surface area contributed by atoms with Gasteiger partial charge in [-0.05, 0) is 42.2 Å². The highest BCUT2D eigenvalue weighted by molar-refractivity contribution is 5.91. The van der Waals surface area contributed by atoms with Crippen LogP contribution < -0.4 is 11.1 Å². The van der Waals surface area contributed by atoms with E-state index in [1.54, 1.807) is 49.3 Å². The molecule has 3 heterocycles. The Balaban J connectivity index is 1.55. The fourth-order valence-corrected chi connectivity index (χ4v) is 6.15. The van der Waals surface area contributed by atoms with Gasteiger partial charge in [0.2, 0.25) is 0 Å². The van der Waals surface area contributed by atoms with Crippen LogP contribution in [0.25, 0.3) is 11.2 Å². The average molecular weight is 595 g/mol. The van der Waals surface area contributed by atoms with E-state index in [9.17, 15) is 26.7 Å². The van der Waals surface area contributed by atoms with E-state index >= 15 is 0 Å². The summed E-state index contributed by atoms with van der Waals surface area (Å²) in [7, 11) is 5.03. The first-order valence-electron chi connectivity index (χ1n) is 13.8. The van der Waals surface area contributed by atoms with Gasteiger partial charge in [-0.25, -0.2) is 19.0 Å². The highest BCUT2D eigenvalue weighted by atomic mass is 19.4. The number of pyridine rings is 1. The number of likely N-dealkylation sites (N-methyl/N-ethyl adjacent to an activating group) is 1. The SMILES string of the molecule is CNN(C)C(=N)C1(c2cccc(-n3cc4c(C(F)(F)F)cc(CN5CCC(F)(F)[C@H](C)C5)cn4c3=O)c2)CC(OC)C1. The zero-order valence-electron chi connectivity index (χ0n) is 23.9. The lowest BCUT2D eigenvalue weighted by atomic mass is 9.61. The number of halogens is 5. The predicted molar refractivity (Wildman–Crippen MR) is 148 cm³/mol. The van der Waals surface area contributed by atoms with Gasteiger partial charge >= 0.3 is 11.9 Å². The van der Waals surface area contributed by atoms with Crippen LogP contribution in [0.1, 0.15) is 42.9 Å². The van der Waals surface area contributed by atoms with Gasteiger partial charge in [-0.15, -0.1) is 0 Å². The van der Waals surface area contributed by atoms with Gasteiger partial charge in [-0.1, -0.05) is 19.1 Å². The number of aromatic nitrogens is 2. The van der Waals surface area contributed by atoms with Gasteiger partial charge in [0, 0.05) is 65.6 Å². The Morgan fingerprint density at radius 1 is 1.21 bits per heavy atom. The third-order valence-corrected chi connectivity index (χ3v) is 8.84. The largest absolute Gasteiger partial charge is 0.418 e. The number of hydrogen-bond acceptors (Lipinski definition) is 5. The van der Waals surface area contributed by atoms with Gasteiger partial charge in [-0.2, -0.15) is 13.2 Å². The molecule has 1 saturated carbocycles. The van der Waals surface area contributed by atoms with E-state index in [4.69, 9.17) is 10.1 Å². The summed E-state index contributed by atoms with van der Waals surface area (Å²) in [5.74, 6) is -3.44. The molecule has 1 aliphatic carbocycles. The highest BCUT2D eigenvalue weighted by Crippen LogP contribution is 2.47. The molecule has 0 amide bonds. The maximum Gasteiger partial charge on any atom is 0.418 e. The first-order valence-corrected chi connectivity index (χ1v) is 13.8. The molecule has 2 aliphatic rings. The van der Waals surface area contributed by atoms with Crippen LogP contribution in [0.2, 0.25) is 0 Å². The normalized spacial score (nSPS) is 24.5. The number of imidazole rings is 1. The molecule has 2 fully saturated rings. The minimum Gasteiger partial charge on any atom is -0.381 e. The Hall–Kier alpha value is -3.29. The fourth-order valence-electron chi connectivity index (χ4n) is 6.15. The number of piperidine rings is 1. The van der Waals surface area contributed by atoms with Crippen molar-refractivity contribution in [2.24, 2.45) is 5.92 Å². The lowest BCUT2D eigenvalue weighted by molar-refractivity contribution is -0.136. The lowest BCUT2D eigenvalue weighted by Crippen LogP contribution is -2.57. The molecule has 13 heteroatoms. The van der Waals surface area contributed by atoms with E-state index in [1.165, 1.54) is 23.9 Å². The standard InChI is InChI=1S/C29H35F5N6O2/c1-18-14-38(9-8-28(18,30)31)15-19-10-23(29(32,33)34)24-17-39(26(41)40(24)16-19)21-7-5-6-20(11-21)27(12-22(13-27)42-4)25(35)37(3)36-2/h5-7,10-11,16-18,22,35-36H,8-9,12-15H2,1-4H3/t18-,22?,27?/m1/s1. The Bertz CT molecular complexity index is 1540. The minimum absolute atomic E-state index is 0.0107. The molecule has 3 aromatic rings. The summed E-state index contributed by atoms with van der Waals surface area (Å²) in [5.41, 5.74) is 1.59. The molecule has 1 aromatic carbocycles. The third-order valence-electron chi connectivity index (χ3n) is 8.84. The van der Waals surface area contributed by atoms with Crippen LogP contribution in [0.4, 0.5) is 22.0 Å². The molecule has 228 valence electrons. The molecule has 0 spiro atoms. The zero-order valence-corrected chi connectivity index (χ0v) is 23.9.